The van der Waals surface area contributed by atoms with Gasteiger partial charge in [-0.1, -0.05) is 85.9 Å². The van der Waals surface area contributed by atoms with Crippen LogP contribution in [0.25, 0.3) is 38.7 Å². The summed E-state index contributed by atoms with van der Waals surface area (Å²) in [7, 11) is 0. The second-order valence-electron chi connectivity index (χ2n) is 18.7. The molecule has 7 aromatic carbocycles. The first-order valence-corrected chi connectivity index (χ1v) is 28.8. The van der Waals surface area contributed by atoms with Crippen LogP contribution in [0.2, 0.25) is 10.0 Å². The van der Waals surface area contributed by atoms with Gasteiger partial charge in [0.2, 0.25) is 28.2 Å². The second-order valence-corrected chi connectivity index (χ2v) is 19.5. The van der Waals surface area contributed by atoms with E-state index < -0.39 is 81.3 Å². The Morgan fingerprint density at radius 3 is 1.46 bits per heavy atom. The van der Waals surface area contributed by atoms with Crippen molar-refractivity contribution < 1.29 is 206 Å². The van der Waals surface area contributed by atoms with Crippen LogP contribution in [0.15, 0.2) is 178 Å². The maximum atomic E-state index is 13.3. The van der Waals surface area contributed by atoms with Gasteiger partial charge < -0.3 is 63.0 Å². The number of nitroso groups, excluding NO2 is 1. The van der Waals surface area contributed by atoms with Crippen molar-refractivity contribution in [1.82, 2.24) is 26.1 Å². The van der Waals surface area contributed by atoms with Gasteiger partial charge in [-0.05, 0) is 90.3 Å². The van der Waals surface area contributed by atoms with Gasteiger partial charge in [-0.2, -0.15) is 72.8 Å². The van der Waals surface area contributed by atoms with Crippen molar-refractivity contribution in [2.75, 3.05) is 26.4 Å². The molecule has 0 saturated heterocycles. The van der Waals surface area contributed by atoms with Crippen LogP contribution >= 0.6 is 23.2 Å². The van der Waals surface area contributed by atoms with Crippen molar-refractivity contribution in [3.63, 3.8) is 0 Å². The molecule has 0 atom stereocenters. The van der Waals surface area contributed by atoms with Crippen LogP contribution in [0, 0.1) is 52.6 Å². The smallest absolute Gasteiger partial charge is 0.363 e. The minimum absolute atomic E-state index is 0. The van der Waals surface area contributed by atoms with Gasteiger partial charge in [0.25, 0.3) is 11.8 Å². The Hall–Kier alpha value is -7.50. The predicted molar refractivity (Wildman–Crippen MR) is 342 cm³/mol. The van der Waals surface area contributed by atoms with Crippen LogP contribution in [-0.2, 0) is 168 Å². The van der Waals surface area contributed by atoms with E-state index in [1.807, 2.05) is 0 Å². The number of halogens is 4. The monoisotopic (exact) mass is 1700 g/mol. The molecule has 0 aliphatic heterocycles. The summed E-state index contributed by atoms with van der Waals surface area (Å²) in [5.74, 6) is -1.47. The van der Waals surface area contributed by atoms with E-state index in [-0.39, 0.29) is 220 Å². The Bertz CT molecular complexity index is 4770. The van der Waals surface area contributed by atoms with Crippen molar-refractivity contribution in [3.8, 4) is 11.8 Å². The number of rotatable bonds is 16. The van der Waals surface area contributed by atoms with E-state index >= 15 is 0 Å². The molecule has 100 heavy (non-hydrogen) atoms. The molecule has 0 saturated carbocycles. The Kier molecular flexibility index (Phi) is 40.8. The molecule has 0 spiro atoms. The molecule has 3 aromatic heterocycles. The number of hydrogen-bond acceptors (Lipinski definition) is 22. The van der Waals surface area contributed by atoms with Crippen molar-refractivity contribution >= 4 is 97.4 Å². The number of aromatic nitrogens is 3. The molecular weight excluding hydrogens is 1650 g/mol. The largest absolute Gasteiger partial charge is 0.517 e. The number of ketones is 1. The number of nitrogens with one attached hydrogen (secondary N) is 2. The zero-order chi connectivity index (χ0) is 69.7. The molecule has 32 heteroatoms. The summed E-state index contributed by atoms with van der Waals surface area (Å²) in [6.07, 6.45) is -0.442. The minimum Gasteiger partial charge on any atom is -0.517 e. The number of amides is 2. The van der Waals surface area contributed by atoms with E-state index in [1.54, 1.807) is 98.8 Å². The number of ether oxygens (including phenoxy) is 3. The SMILES string of the molecule is CCOC(=O)C(N=O)=C(O)c1c[c-]ccc1F.CCOC(=O)CC(=O)c1c[c-]ccc1F.CCOC(=O)c1noc2cc[c-]cc2c1=O.O=C(NCc1ccc(Cl)cc1)c1noc2cc[c-]cc2c1=O.O=C(NCc1ccc(Cl)cc1)c1noc2ccc(C#CCO)cc2c1=O.[Y].[Y].[Y].[Y]. The quantitative estimate of drug-likeness (QED) is 0.00804. The van der Waals surface area contributed by atoms with E-state index in [0.29, 0.717) is 26.8 Å². The Labute approximate surface area is 677 Å². The third kappa shape index (κ3) is 26.5. The molecule has 10 rings (SSSR count). The third-order valence-electron chi connectivity index (χ3n) is 12.2. The van der Waals surface area contributed by atoms with E-state index in [1.165, 1.54) is 43.3 Å². The fraction of sp³-hybridized carbons (Fsp3) is 0.147. The van der Waals surface area contributed by atoms with E-state index in [4.69, 9.17) is 41.9 Å². The number of aliphatic hydroxyl groups is 2. The van der Waals surface area contributed by atoms with Crippen molar-refractivity contribution in [2.24, 2.45) is 5.18 Å². The molecule has 0 unspecified atom stereocenters. The normalized spacial score (nSPS) is 10.1. The molecule has 4 N–H and O–H groups in total. The van der Waals surface area contributed by atoms with Gasteiger partial charge in [0.15, 0.2) is 16.4 Å². The molecule has 0 aliphatic rings. The molecule has 0 fully saturated rings. The van der Waals surface area contributed by atoms with Crippen LogP contribution in [0.4, 0.5) is 8.78 Å². The fourth-order valence-electron chi connectivity index (χ4n) is 7.66. The summed E-state index contributed by atoms with van der Waals surface area (Å²) in [4.78, 5) is 116. The molecule has 10 aromatic rings. The summed E-state index contributed by atoms with van der Waals surface area (Å²) in [6.45, 7) is 5.39. The molecule has 0 aliphatic carbocycles. The maximum Gasteiger partial charge on any atom is 0.363 e. The van der Waals surface area contributed by atoms with Crippen molar-refractivity contribution in [3.05, 3.63) is 272 Å². The van der Waals surface area contributed by atoms with Crippen molar-refractivity contribution in [2.45, 2.75) is 40.3 Å². The first kappa shape index (κ1) is 88.6. The van der Waals surface area contributed by atoms with Gasteiger partial charge in [-0.3, -0.25) is 19.2 Å². The summed E-state index contributed by atoms with van der Waals surface area (Å²) >= 11 is 11.6. The topological polar surface area (TPSA) is 353 Å². The molecule has 0 bridgehead atoms. The number of carbonyl (C=O) groups excluding carboxylic acids is 6. The zero-order valence-electron chi connectivity index (χ0n) is 52.8. The maximum absolute atomic E-state index is 13.3. The fourth-order valence-corrected chi connectivity index (χ4v) is 7.91. The number of carbonyl (C=O) groups is 6. The molecule has 4 radical (unpaired) electrons. The van der Waals surface area contributed by atoms with Gasteiger partial charge in [-0.15, -0.1) is 29.2 Å². The predicted octanol–water partition coefficient (Wildman–Crippen LogP) is 9.79. The standard InChI is InChI=1S/C19H13ClN2O4.C16H10ClN2O3.C11H9FNO4.C11H10FO3.C11H8NO4.4Y/c20-14-6-3-13(4-7-14)11-21-19(25)17-18(24)15-10-12(2-1-9-23)5-8-16(15)26-22-17;17-11-7-5-10(6-8-11)9-18-16(21)14-15(20)12-3-1-2-4-13(12)22-19-14;1-2-17-11(15)9(13-16)10(14)7-5-3-4-6-8(7)12;1-2-15-11(14)7-10(13)8-5-3-4-6-9(8)12;1-2-15-11(14)9-10(13)7-5-3-4-6-8(7)16-12-9;;;;/h3-8,10,23H,9,11H2,(H,21,25);2-8H,9H2,(H,18,21);4-6,14H,2H2,1H3;4-6H,2,7H2,1H3;4-6H,2H2,1H3;;;;/q;4*-1;;;;. The van der Waals surface area contributed by atoms with E-state index in [2.05, 4.69) is 81.6 Å². The molecule has 504 valence electrons. The molecular formula is C68H50Cl2F2N6O18Y4-4. The molecule has 2 amide bonds. The Morgan fingerprint density at radius 1 is 0.570 bits per heavy atom. The van der Waals surface area contributed by atoms with E-state index in [9.17, 15) is 61.9 Å². The average Bonchev–Trinajstić information content (AvgIpc) is 0.901. The zero-order valence-corrected chi connectivity index (χ0v) is 65.6. The first-order chi connectivity index (χ1) is 46.2. The number of benzene rings is 7. The summed E-state index contributed by atoms with van der Waals surface area (Å²) in [5, 5.41) is 38.6. The molecule has 24 nitrogen and oxygen atoms in total. The third-order valence-corrected chi connectivity index (χ3v) is 12.7. The Balaban J connectivity index is 0.000000427. The number of hydrogen-bond donors (Lipinski definition) is 4. The van der Waals surface area contributed by atoms with Crippen LogP contribution < -0.4 is 26.9 Å². The molecule has 3 heterocycles. The Morgan fingerprint density at radius 2 is 1.00 bits per heavy atom. The average molecular weight is 1700 g/mol. The summed E-state index contributed by atoms with van der Waals surface area (Å²) in [6, 6.07) is 45.6. The summed E-state index contributed by atoms with van der Waals surface area (Å²) in [5.41, 5.74) is -0.729. The van der Waals surface area contributed by atoms with Gasteiger partial charge in [0, 0.05) is 171 Å². The van der Waals surface area contributed by atoms with Gasteiger partial charge in [-0.25, -0.2) is 18.4 Å². The van der Waals surface area contributed by atoms with Crippen LogP contribution in [0.1, 0.15) is 91.3 Å². The van der Waals surface area contributed by atoms with Crippen LogP contribution in [0.5, 0.6) is 0 Å². The van der Waals surface area contributed by atoms with Crippen LogP contribution in [-0.4, -0.2) is 87.6 Å². The first-order valence-electron chi connectivity index (χ1n) is 28.0. The summed E-state index contributed by atoms with van der Waals surface area (Å²) < 4.78 is 55.3. The number of nitrogens with zero attached hydrogens (tertiary/aromatic N) is 4. The number of esters is 3. The van der Waals surface area contributed by atoms with Crippen LogP contribution in [0.3, 0.4) is 0 Å². The van der Waals surface area contributed by atoms with Gasteiger partial charge >= 0.3 is 17.9 Å². The van der Waals surface area contributed by atoms with Gasteiger partial charge in [0.05, 0.1) is 42.8 Å². The van der Waals surface area contributed by atoms with Gasteiger partial charge in [0.1, 0.15) is 18.1 Å². The minimum atomic E-state index is -1.11. The number of aliphatic hydroxyl groups excluding tert-OH is 2. The van der Waals surface area contributed by atoms with E-state index in [0.717, 1.165) is 29.3 Å². The second kappa shape index (κ2) is 46.1. The van der Waals surface area contributed by atoms with Crippen molar-refractivity contribution in [1.29, 1.82) is 0 Å². The number of Topliss-reactive ketones (excluding diaryl/α,β-unsaturated/α-hetero) is 1. The number of fused-ring (bicyclic) bond motifs is 3.